The van der Waals surface area contributed by atoms with Gasteiger partial charge in [-0.05, 0) is 60.4 Å². The third kappa shape index (κ3) is 9.37. The number of carbonyl (C=O) groups excluding carboxylic acids is 2. The Morgan fingerprint density at radius 3 is 2.27 bits per heavy atom. The van der Waals surface area contributed by atoms with E-state index >= 15 is 0 Å². The maximum absolute atomic E-state index is 12.4. The zero-order chi connectivity index (χ0) is 27.0. The molecule has 1 N–H and O–H groups in total. The number of amides is 1. The summed E-state index contributed by atoms with van der Waals surface area (Å²) in [5, 5.41) is 12.0. The molecule has 0 bridgehead atoms. The molecule has 196 valence electrons. The predicted octanol–water partition coefficient (Wildman–Crippen LogP) is 5.32. The van der Waals surface area contributed by atoms with Crippen LogP contribution in [0.1, 0.15) is 50.7 Å². The van der Waals surface area contributed by atoms with Crippen molar-refractivity contribution in [3.8, 4) is 29.1 Å². The van der Waals surface area contributed by atoms with Gasteiger partial charge in [-0.3, -0.25) is 4.79 Å². The Bertz CT molecular complexity index is 1160. The minimum absolute atomic E-state index is 0.0315. The Hall–Kier alpha value is -4.25. The van der Waals surface area contributed by atoms with Crippen LogP contribution in [0.25, 0.3) is 12.2 Å². The van der Waals surface area contributed by atoms with Crippen LogP contribution in [-0.4, -0.2) is 39.2 Å². The minimum Gasteiger partial charge on any atom is -0.493 e. The quantitative estimate of drug-likeness (QED) is 0.121. The van der Waals surface area contributed by atoms with Crippen molar-refractivity contribution < 1.29 is 28.5 Å². The monoisotopic (exact) mass is 506 g/mol. The first-order chi connectivity index (χ1) is 17.9. The van der Waals surface area contributed by atoms with Gasteiger partial charge in [-0.2, -0.15) is 5.26 Å². The number of nitriles is 1. The molecule has 2 rings (SSSR count). The molecular weight excluding hydrogens is 472 g/mol. The van der Waals surface area contributed by atoms with Crippen LogP contribution < -0.4 is 24.3 Å². The smallest absolute Gasteiger partial charge is 0.336 e. The predicted molar refractivity (Wildman–Crippen MR) is 143 cm³/mol. The maximum Gasteiger partial charge on any atom is 0.336 e. The lowest BCUT2D eigenvalue weighted by Gasteiger charge is -2.11. The van der Waals surface area contributed by atoms with E-state index in [0.717, 1.165) is 31.2 Å². The van der Waals surface area contributed by atoms with E-state index in [9.17, 15) is 14.9 Å². The molecule has 2 aromatic carbocycles. The van der Waals surface area contributed by atoms with Crippen LogP contribution in [-0.2, 0) is 9.59 Å². The molecule has 0 spiro atoms. The number of unbranched alkanes of at least 4 members (excludes halogenated alkanes) is 2. The Morgan fingerprint density at radius 1 is 0.919 bits per heavy atom. The van der Waals surface area contributed by atoms with Crippen molar-refractivity contribution in [2.24, 2.45) is 0 Å². The van der Waals surface area contributed by atoms with E-state index in [1.807, 2.05) is 25.1 Å². The van der Waals surface area contributed by atoms with Crippen molar-refractivity contribution >= 4 is 24.0 Å². The molecule has 0 atom stereocenters. The van der Waals surface area contributed by atoms with E-state index in [1.165, 1.54) is 19.3 Å². The van der Waals surface area contributed by atoms with Crippen molar-refractivity contribution in [1.82, 2.24) is 5.32 Å². The average Bonchev–Trinajstić information content (AvgIpc) is 2.92. The fourth-order valence-corrected chi connectivity index (χ4v) is 3.26. The van der Waals surface area contributed by atoms with Crippen LogP contribution >= 0.6 is 0 Å². The highest BCUT2D eigenvalue weighted by Crippen LogP contribution is 2.30. The highest BCUT2D eigenvalue weighted by atomic mass is 16.6. The van der Waals surface area contributed by atoms with Crippen molar-refractivity contribution in [3.63, 3.8) is 0 Å². The number of hydrogen-bond acceptors (Lipinski definition) is 7. The molecule has 0 fully saturated rings. The van der Waals surface area contributed by atoms with Crippen molar-refractivity contribution in [1.29, 1.82) is 5.26 Å². The summed E-state index contributed by atoms with van der Waals surface area (Å²) in [4.78, 5) is 24.5. The molecule has 0 aliphatic rings. The van der Waals surface area contributed by atoms with E-state index in [0.29, 0.717) is 30.2 Å². The summed E-state index contributed by atoms with van der Waals surface area (Å²) in [5.41, 5.74) is 1.27. The third-order valence-corrected chi connectivity index (χ3v) is 5.21. The second-order valence-electron chi connectivity index (χ2n) is 8.06. The molecule has 0 aliphatic heterocycles. The molecule has 0 aromatic heterocycles. The van der Waals surface area contributed by atoms with Crippen LogP contribution in [0.5, 0.6) is 23.0 Å². The number of methoxy groups -OCH3 is 2. The first-order valence-electron chi connectivity index (χ1n) is 12.2. The fraction of sp³-hybridized carbons (Fsp3) is 0.345. The van der Waals surface area contributed by atoms with Gasteiger partial charge in [0, 0.05) is 12.6 Å². The number of ether oxygens (including phenoxy) is 4. The van der Waals surface area contributed by atoms with Gasteiger partial charge >= 0.3 is 5.97 Å². The topological polar surface area (TPSA) is 107 Å². The van der Waals surface area contributed by atoms with Gasteiger partial charge in [0.25, 0.3) is 5.91 Å². The molecule has 0 unspecified atom stereocenters. The third-order valence-electron chi connectivity index (χ3n) is 5.21. The molecule has 1 amide bonds. The summed E-state index contributed by atoms with van der Waals surface area (Å²) in [6.45, 7) is 5.16. The summed E-state index contributed by atoms with van der Waals surface area (Å²) >= 11 is 0. The summed E-state index contributed by atoms with van der Waals surface area (Å²) in [7, 11) is 3.01. The Labute approximate surface area is 218 Å². The van der Waals surface area contributed by atoms with Gasteiger partial charge in [-0.25, -0.2) is 4.79 Å². The van der Waals surface area contributed by atoms with Crippen LogP contribution in [0.15, 0.2) is 48.0 Å². The van der Waals surface area contributed by atoms with Crippen molar-refractivity contribution in [3.05, 3.63) is 59.2 Å². The lowest BCUT2D eigenvalue weighted by atomic mass is 10.1. The first-order valence-corrected chi connectivity index (χ1v) is 12.2. The second-order valence-corrected chi connectivity index (χ2v) is 8.06. The van der Waals surface area contributed by atoms with E-state index in [2.05, 4.69) is 12.2 Å². The van der Waals surface area contributed by atoms with E-state index < -0.39 is 11.9 Å². The summed E-state index contributed by atoms with van der Waals surface area (Å²) < 4.78 is 22.0. The molecule has 8 heteroatoms. The molecule has 8 nitrogen and oxygen atoms in total. The number of nitrogens with one attached hydrogen (secondary N) is 1. The van der Waals surface area contributed by atoms with Gasteiger partial charge in [0.2, 0.25) is 0 Å². The number of hydrogen-bond donors (Lipinski definition) is 1. The molecule has 0 saturated carbocycles. The molecule has 0 radical (unpaired) electrons. The van der Waals surface area contributed by atoms with Gasteiger partial charge in [0.05, 0.1) is 20.8 Å². The highest BCUT2D eigenvalue weighted by molar-refractivity contribution is 6.01. The number of carbonyl (C=O) groups is 2. The zero-order valence-corrected chi connectivity index (χ0v) is 21.8. The SMILES string of the molecule is CCCCCOc1ccc(/C=C/C(=O)Oc2ccc(/C=C(\C#N)C(=O)NCCC)cc2OC)cc1OC. The van der Waals surface area contributed by atoms with Crippen molar-refractivity contribution in [2.45, 2.75) is 39.5 Å². The van der Waals surface area contributed by atoms with Crippen molar-refractivity contribution in [2.75, 3.05) is 27.4 Å². The maximum atomic E-state index is 12.4. The van der Waals surface area contributed by atoms with E-state index in [-0.39, 0.29) is 17.1 Å². The van der Waals surface area contributed by atoms with Gasteiger partial charge in [-0.15, -0.1) is 0 Å². The highest BCUT2D eigenvalue weighted by Gasteiger charge is 2.12. The Morgan fingerprint density at radius 2 is 1.59 bits per heavy atom. The van der Waals surface area contributed by atoms with Crippen LogP contribution in [0.4, 0.5) is 0 Å². The lowest BCUT2D eigenvalue weighted by Crippen LogP contribution is -2.25. The number of rotatable bonds is 14. The van der Waals surface area contributed by atoms with Crippen LogP contribution in [0.2, 0.25) is 0 Å². The van der Waals surface area contributed by atoms with Gasteiger partial charge < -0.3 is 24.3 Å². The van der Waals surface area contributed by atoms with Gasteiger partial charge in [0.1, 0.15) is 11.6 Å². The second kappa shape index (κ2) is 15.7. The largest absolute Gasteiger partial charge is 0.493 e. The zero-order valence-electron chi connectivity index (χ0n) is 21.8. The molecule has 0 saturated heterocycles. The Kier molecular flexibility index (Phi) is 12.3. The molecule has 0 aliphatic carbocycles. The van der Waals surface area contributed by atoms with E-state index in [1.54, 1.807) is 37.5 Å². The first kappa shape index (κ1) is 29.0. The Balaban J connectivity index is 2.09. The number of esters is 1. The molecule has 2 aromatic rings. The summed E-state index contributed by atoms with van der Waals surface area (Å²) in [5.74, 6) is 0.676. The number of benzene rings is 2. The fourth-order valence-electron chi connectivity index (χ4n) is 3.26. The average molecular weight is 507 g/mol. The summed E-state index contributed by atoms with van der Waals surface area (Å²) in [6, 6.07) is 12.1. The number of nitrogens with zero attached hydrogens (tertiary/aromatic N) is 1. The van der Waals surface area contributed by atoms with Gasteiger partial charge in [-0.1, -0.05) is 38.8 Å². The summed E-state index contributed by atoms with van der Waals surface area (Å²) in [6.07, 6.45) is 8.32. The lowest BCUT2D eigenvalue weighted by molar-refractivity contribution is -0.129. The van der Waals surface area contributed by atoms with Crippen LogP contribution in [0.3, 0.4) is 0 Å². The van der Waals surface area contributed by atoms with Crippen LogP contribution in [0, 0.1) is 11.3 Å². The van der Waals surface area contributed by atoms with Gasteiger partial charge in [0.15, 0.2) is 23.0 Å². The standard InChI is InChI=1S/C29H34N2O6/c1-5-7-8-16-36-24-12-9-21(18-26(24)34-3)11-14-28(32)37-25-13-10-22(19-27(25)35-4)17-23(20-30)29(33)31-15-6-2/h9-14,17-19H,5-8,15-16H2,1-4H3,(H,31,33)/b14-11+,23-17+. The molecular formula is C29H34N2O6. The minimum atomic E-state index is -0.600. The normalized spacial score (nSPS) is 11.1. The van der Waals surface area contributed by atoms with E-state index in [4.69, 9.17) is 18.9 Å². The molecule has 0 heterocycles. The molecule has 37 heavy (non-hydrogen) atoms.